The lowest BCUT2D eigenvalue weighted by atomic mass is 9.59. The Bertz CT molecular complexity index is 2640. The summed E-state index contributed by atoms with van der Waals surface area (Å²) in [5.74, 6) is 0.481. The number of para-hydroxylation sites is 2. The van der Waals surface area contributed by atoms with Crippen molar-refractivity contribution in [1.29, 1.82) is 0 Å². The molecule has 8 aromatic rings. The monoisotopic (exact) mass is 622 g/mol. The van der Waals surface area contributed by atoms with E-state index in [9.17, 15) is 0 Å². The van der Waals surface area contributed by atoms with Gasteiger partial charge in [-0.15, -0.1) is 32.8 Å². The smallest absolute Gasteiger partial charge is 0.144 e. The van der Waals surface area contributed by atoms with E-state index < -0.39 is 0 Å². The molecule has 0 saturated heterocycles. The van der Waals surface area contributed by atoms with Gasteiger partial charge in [0.25, 0.3) is 0 Å². The van der Waals surface area contributed by atoms with Gasteiger partial charge in [-0.05, 0) is 45.2 Å². The number of rotatable bonds is 4. The highest BCUT2D eigenvalue weighted by Crippen LogP contribution is 2.43. The number of nitrogens with zero attached hydrogens (tertiary/aromatic N) is 2. The van der Waals surface area contributed by atoms with Crippen molar-refractivity contribution in [2.45, 2.75) is 0 Å². The van der Waals surface area contributed by atoms with Crippen LogP contribution in [-0.4, -0.2) is 88.0 Å². The number of aromatic nitrogens is 2. The third-order valence-electron chi connectivity index (χ3n) is 9.77. The molecule has 0 amide bonds. The zero-order valence-electron chi connectivity index (χ0n) is 27.4. The summed E-state index contributed by atoms with van der Waals surface area (Å²) < 4.78 is 2.07. The normalized spacial score (nSPS) is 11.5. The Balaban J connectivity index is 1.44. The first-order valence-corrected chi connectivity index (χ1v) is 16.1. The zero-order chi connectivity index (χ0) is 35.9. The fourth-order valence-corrected chi connectivity index (χ4v) is 7.13. The SMILES string of the molecule is [B]c1c([B])c([B])c(-c2ccc(-c3c4ccccc4c(-n4c(-c5c([B])c([B])c([B])c([B])c5[B])nc5ccccc54)c4ccccc34)cc2)c([B])c1[B]. The summed E-state index contributed by atoms with van der Waals surface area (Å²) in [6, 6.07) is 32.2. The lowest BCUT2D eigenvalue weighted by molar-refractivity contribution is 1.13. The maximum atomic E-state index is 6.65. The number of benzene rings is 7. The van der Waals surface area contributed by atoms with Crippen LogP contribution in [0.1, 0.15) is 0 Å². The molecule has 0 saturated carbocycles. The summed E-state index contributed by atoms with van der Waals surface area (Å²) in [4.78, 5) is 5.06. The van der Waals surface area contributed by atoms with Crippen molar-refractivity contribution < 1.29 is 0 Å². The Labute approximate surface area is 310 Å². The Morgan fingerprint density at radius 1 is 0.353 bits per heavy atom. The maximum Gasteiger partial charge on any atom is 0.144 e. The van der Waals surface area contributed by atoms with E-state index in [0.717, 1.165) is 55.0 Å². The van der Waals surface area contributed by atoms with E-state index in [2.05, 4.69) is 28.8 Å². The van der Waals surface area contributed by atoms with Crippen LogP contribution >= 0.6 is 0 Å². The summed E-state index contributed by atoms with van der Waals surface area (Å²) in [7, 11) is 63.4. The molecule has 8 rings (SSSR count). The van der Waals surface area contributed by atoms with Crippen LogP contribution in [0.5, 0.6) is 0 Å². The molecule has 12 heteroatoms. The first kappa shape index (κ1) is 33.3. The van der Waals surface area contributed by atoms with Crippen molar-refractivity contribution in [2.75, 3.05) is 0 Å². The molecule has 1 aromatic heterocycles. The highest BCUT2D eigenvalue weighted by molar-refractivity contribution is 6.69. The van der Waals surface area contributed by atoms with Crippen molar-refractivity contribution in [3.8, 4) is 39.3 Å². The topological polar surface area (TPSA) is 17.8 Å². The van der Waals surface area contributed by atoms with E-state index >= 15 is 0 Å². The van der Waals surface area contributed by atoms with Gasteiger partial charge in [0, 0.05) is 16.3 Å². The molecule has 7 aromatic carbocycles. The van der Waals surface area contributed by atoms with Crippen LogP contribution in [0.3, 0.4) is 0 Å². The summed E-state index contributed by atoms with van der Waals surface area (Å²) in [5, 5.41) is 3.92. The van der Waals surface area contributed by atoms with Crippen LogP contribution in [0, 0.1) is 0 Å². The summed E-state index contributed by atoms with van der Waals surface area (Å²) in [6.07, 6.45) is 0. The van der Waals surface area contributed by atoms with Crippen molar-refractivity contribution in [1.82, 2.24) is 9.55 Å². The molecule has 1 heterocycles. The lowest BCUT2D eigenvalue weighted by Crippen LogP contribution is -2.55. The van der Waals surface area contributed by atoms with Gasteiger partial charge in [0.05, 0.1) is 16.7 Å². The van der Waals surface area contributed by atoms with E-state index in [0.29, 0.717) is 17.0 Å². The minimum Gasteiger partial charge on any atom is -0.291 e. The summed E-state index contributed by atoms with van der Waals surface area (Å²) in [6.45, 7) is 0. The molecular weight excluding hydrogens is 605 g/mol. The largest absolute Gasteiger partial charge is 0.291 e. The Hall–Kier alpha value is -4.82. The highest BCUT2D eigenvalue weighted by atomic mass is 15.1. The third kappa shape index (κ3) is 4.97. The average Bonchev–Trinajstić information content (AvgIpc) is 3.52. The molecule has 0 unspecified atom stereocenters. The van der Waals surface area contributed by atoms with Crippen molar-refractivity contribution in [3.05, 3.63) is 97.1 Å². The fraction of sp³-hybridized carbons (Fsp3) is 0. The number of imidazole rings is 1. The predicted octanol–water partition coefficient (Wildman–Crippen LogP) is -1.73. The standard InChI is InChI=1S/C39H16B10N2/c40-28-26(29(41)33(45)36(48)32(28)44)18-15-13-17(14-16-18)25-19-7-1-3-9-21(19)38(22-10-4-2-8-20(22)25)51-24-12-6-5-11-23(24)50-39(51)27-30(42)34(46)37(49)35(47)31(27)43/h1-16H. The second-order valence-electron chi connectivity index (χ2n) is 12.5. The van der Waals surface area contributed by atoms with Crippen LogP contribution in [0.25, 0.3) is 71.9 Å². The van der Waals surface area contributed by atoms with E-state index in [1.165, 1.54) is 0 Å². The molecule has 0 spiro atoms. The third-order valence-corrected chi connectivity index (χ3v) is 9.77. The predicted molar refractivity (Wildman–Crippen MR) is 226 cm³/mol. The van der Waals surface area contributed by atoms with Gasteiger partial charge in [-0.2, -0.15) is 0 Å². The second-order valence-corrected chi connectivity index (χ2v) is 12.5. The van der Waals surface area contributed by atoms with E-state index in [1.807, 2.05) is 72.8 Å². The van der Waals surface area contributed by atoms with Gasteiger partial charge < -0.3 is 0 Å². The van der Waals surface area contributed by atoms with Crippen molar-refractivity contribution in [3.63, 3.8) is 0 Å². The molecule has 0 aliphatic carbocycles. The minimum absolute atomic E-state index is 0.136. The number of fused-ring (bicyclic) bond motifs is 3. The number of hydrogen-bond donors (Lipinski definition) is 0. The molecule has 212 valence electrons. The Kier molecular flexibility index (Phi) is 8.13. The molecule has 51 heavy (non-hydrogen) atoms. The van der Waals surface area contributed by atoms with Gasteiger partial charge in [0.15, 0.2) is 0 Å². The quantitative estimate of drug-likeness (QED) is 0.169. The van der Waals surface area contributed by atoms with E-state index in [-0.39, 0.29) is 54.6 Å². The van der Waals surface area contributed by atoms with Gasteiger partial charge in [-0.25, -0.2) is 4.98 Å². The number of hydrogen-bond acceptors (Lipinski definition) is 1. The molecule has 0 aliphatic heterocycles. The fourth-order valence-electron chi connectivity index (χ4n) is 7.13. The highest BCUT2D eigenvalue weighted by Gasteiger charge is 2.24. The van der Waals surface area contributed by atoms with Gasteiger partial charge in [-0.3, -0.25) is 4.57 Å². The van der Waals surface area contributed by atoms with E-state index in [1.54, 1.807) is 0 Å². The molecule has 0 N–H and O–H groups in total. The van der Waals surface area contributed by atoms with E-state index in [4.69, 9.17) is 83.4 Å². The van der Waals surface area contributed by atoms with Crippen LogP contribution in [0.15, 0.2) is 97.1 Å². The first-order chi connectivity index (χ1) is 24.5. The lowest BCUT2D eigenvalue weighted by Gasteiger charge is -2.24. The Morgan fingerprint density at radius 2 is 0.725 bits per heavy atom. The maximum absolute atomic E-state index is 6.65. The van der Waals surface area contributed by atoms with Crippen LogP contribution in [-0.2, 0) is 0 Å². The summed E-state index contributed by atoms with van der Waals surface area (Å²) >= 11 is 0. The van der Waals surface area contributed by atoms with Crippen molar-refractivity contribution in [2.24, 2.45) is 0 Å². The van der Waals surface area contributed by atoms with Crippen molar-refractivity contribution >= 4 is 166 Å². The Morgan fingerprint density at radius 3 is 1.22 bits per heavy atom. The molecular formula is C39H16B10N2. The van der Waals surface area contributed by atoms with Gasteiger partial charge in [0.1, 0.15) is 84.3 Å². The molecule has 0 fully saturated rings. The second kappa shape index (κ2) is 12.4. The average molecular weight is 621 g/mol. The van der Waals surface area contributed by atoms with Crippen LogP contribution in [0.2, 0.25) is 0 Å². The van der Waals surface area contributed by atoms with Crippen LogP contribution < -0.4 is 54.6 Å². The zero-order valence-corrected chi connectivity index (χ0v) is 27.4. The first-order valence-electron chi connectivity index (χ1n) is 16.1. The molecule has 20 radical (unpaired) electrons. The van der Waals surface area contributed by atoms with Crippen LogP contribution in [0.4, 0.5) is 0 Å². The molecule has 0 atom stereocenters. The van der Waals surface area contributed by atoms with Gasteiger partial charge in [-0.1, -0.05) is 107 Å². The minimum atomic E-state index is 0.136. The van der Waals surface area contributed by atoms with Gasteiger partial charge >= 0.3 is 0 Å². The van der Waals surface area contributed by atoms with Gasteiger partial charge in [0.2, 0.25) is 0 Å². The molecule has 2 nitrogen and oxygen atoms in total. The molecule has 0 aliphatic rings. The summed E-state index contributed by atoms with van der Waals surface area (Å²) in [5.41, 5.74) is 8.12. The molecule has 0 bridgehead atoms.